The van der Waals surface area contributed by atoms with E-state index in [1.807, 2.05) is 0 Å². The van der Waals surface area contributed by atoms with Crippen molar-refractivity contribution in [1.82, 2.24) is 4.98 Å². The van der Waals surface area contributed by atoms with Crippen molar-refractivity contribution in [1.29, 1.82) is 0 Å². The summed E-state index contributed by atoms with van der Waals surface area (Å²) < 4.78 is 4.91. The van der Waals surface area contributed by atoms with Gasteiger partial charge in [0.25, 0.3) is 0 Å². The summed E-state index contributed by atoms with van der Waals surface area (Å²) in [5.41, 5.74) is 1.02. The molecule has 7 heteroatoms. The molecule has 0 amide bonds. The van der Waals surface area contributed by atoms with E-state index in [0.29, 0.717) is 21.5 Å². The second kappa shape index (κ2) is 4.50. The summed E-state index contributed by atoms with van der Waals surface area (Å²) in [6.45, 7) is 0. The third-order valence-corrected chi connectivity index (χ3v) is 3.21. The van der Waals surface area contributed by atoms with E-state index in [1.165, 1.54) is 12.3 Å². The van der Waals surface area contributed by atoms with Crippen LogP contribution in [0.5, 0.6) is 0 Å². The van der Waals surface area contributed by atoms with Gasteiger partial charge in [-0.05, 0) is 18.2 Å². The molecule has 0 aliphatic rings. The number of ketones is 1. The molecule has 0 aliphatic carbocycles. The van der Waals surface area contributed by atoms with Crippen LogP contribution in [0.2, 0.25) is 5.02 Å². The second-order valence-electron chi connectivity index (χ2n) is 4.09. The maximum absolute atomic E-state index is 12.3. The monoisotopic (exact) mass is 290 g/mol. The van der Waals surface area contributed by atoms with Gasteiger partial charge in [-0.15, -0.1) is 0 Å². The van der Waals surface area contributed by atoms with Crippen LogP contribution in [0.15, 0.2) is 40.9 Å². The van der Waals surface area contributed by atoms with Crippen LogP contribution in [0.25, 0.3) is 10.9 Å². The van der Waals surface area contributed by atoms with Crippen LogP contribution >= 0.6 is 11.6 Å². The van der Waals surface area contributed by atoms with Gasteiger partial charge < -0.3 is 9.40 Å². The summed E-state index contributed by atoms with van der Waals surface area (Å²) in [5.74, 6) is -1.03. The molecule has 0 atom stereocenters. The molecule has 0 unspecified atom stereocenters. The van der Waals surface area contributed by atoms with E-state index in [0.717, 1.165) is 6.07 Å². The number of hydrogen-bond donors (Lipinski definition) is 1. The molecule has 20 heavy (non-hydrogen) atoms. The minimum absolute atomic E-state index is 0.0995. The lowest BCUT2D eigenvalue weighted by Gasteiger charge is -1.97. The van der Waals surface area contributed by atoms with Crippen molar-refractivity contribution in [2.24, 2.45) is 0 Å². The molecule has 100 valence electrons. The van der Waals surface area contributed by atoms with Gasteiger partial charge in [0.2, 0.25) is 5.78 Å². The average Bonchev–Trinajstić information content (AvgIpc) is 3.05. The fraction of sp³-hybridized carbons (Fsp3) is 0. The highest BCUT2D eigenvalue weighted by Crippen LogP contribution is 2.29. The number of nitrogens with one attached hydrogen (secondary N) is 1. The van der Waals surface area contributed by atoms with Crippen molar-refractivity contribution in [2.45, 2.75) is 0 Å². The zero-order chi connectivity index (χ0) is 14.3. The number of benzene rings is 1. The van der Waals surface area contributed by atoms with Crippen molar-refractivity contribution >= 4 is 34.2 Å². The Bertz CT molecular complexity index is 834. The van der Waals surface area contributed by atoms with Crippen LogP contribution in [0.3, 0.4) is 0 Å². The molecule has 1 N–H and O–H groups in total. The molecule has 0 aliphatic heterocycles. The van der Waals surface area contributed by atoms with Crippen LogP contribution in [0.4, 0.5) is 5.88 Å². The van der Waals surface area contributed by atoms with Gasteiger partial charge in [0, 0.05) is 17.1 Å². The van der Waals surface area contributed by atoms with Crippen LogP contribution in [-0.2, 0) is 0 Å². The van der Waals surface area contributed by atoms with Crippen LogP contribution in [-0.4, -0.2) is 15.7 Å². The largest absolute Gasteiger partial charge is 0.433 e. The number of fused-ring (bicyclic) bond motifs is 1. The first-order chi connectivity index (χ1) is 9.58. The van der Waals surface area contributed by atoms with Gasteiger partial charge in [-0.25, -0.2) is 0 Å². The van der Waals surface area contributed by atoms with E-state index in [-0.39, 0.29) is 5.76 Å². The quantitative estimate of drug-likeness (QED) is 0.454. The summed E-state index contributed by atoms with van der Waals surface area (Å²) in [7, 11) is 0. The van der Waals surface area contributed by atoms with Gasteiger partial charge in [-0.3, -0.25) is 14.9 Å². The van der Waals surface area contributed by atoms with Gasteiger partial charge in [-0.2, -0.15) is 0 Å². The SMILES string of the molecule is O=C(c1ccc([N+](=O)[O-])o1)c1c[nH]c2cccc(Cl)c12. The van der Waals surface area contributed by atoms with Gasteiger partial charge in [-0.1, -0.05) is 17.7 Å². The van der Waals surface area contributed by atoms with Crippen molar-refractivity contribution < 1.29 is 14.1 Å². The highest BCUT2D eigenvalue weighted by Gasteiger charge is 2.22. The lowest BCUT2D eigenvalue weighted by atomic mass is 10.1. The maximum Gasteiger partial charge on any atom is 0.433 e. The number of H-pyrrole nitrogens is 1. The summed E-state index contributed by atoms with van der Waals surface area (Å²) in [5, 5.41) is 11.6. The highest BCUT2D eigenvalue weighted by atomic mass is 35.5. The van der Waals surface area contributed by atoms with E-state index in [4.69, 9.17) is 16.0 Å². The number of aromatic amines is 1. The Morgan fingerprint density at radius 1 is 1.30 bits per heavy atom. The molecule has 0 saturated carbocycles. The van der Waals surface area contributed by atoms with Crippen molar-refractivity contribution in [3.8, 4) is 0 Å². The van der Waals surface area contributed by atoms with Crippen LogP contribution in [0, 0.1) is 10.1 Å². The number of nitrogens with zero attached hydrogens (tertiary/aromatic N) is 1. The standard InChI is InChI=1S/C13H7ClN2O4/c14-8-2-1-3-9-12(8)7(6-15-9)13(17)10-4-5-11(20-10)16(18)19/h1-6,15H. The van der Waals surface area contributed by atoms with Gasteiger partial charge >= 0.3 is 5.88 Å². The summed E-state index contributed by atoms with van der Waals surface area (Å²) in [4.78, 5) is 25.1. The second-order valence-corrected chi connectivity index (χ2v) is 4.50. The Morgan fingerprint density at radius 2 is 2.10 bits per heavy atom. The van der Waals surface area contributed by atoms with Gasteiger partial charge in [0.15, 0.2) is 5.76 Å². The van der Waals surface area contributed by atoms with Gasteiger partial charge in [0.1, 0.15) is 4.92 Å². The fourth-order valence-electron chi connectivity index (χ4n) is 2.00. The minimum atomic E-state index is -0.695. The number of rotatable bonds is 3. The Balaban J connectivity index is 2.10. The number of furan rings is 1. The molecular formula is C13H7ClN2O4. The zero-order valence-corrected chi connectivity index (χ0v) is 10.7. The number of carbonyl (C=O) groups excluding carboxylic acids is 1. The van der Waals surface area contributed by atoms with Crippen LogP contribution < -0.4 is 0 Å². The van der Waals surface area contributed by atoms with E-state index < -0.39 is 16.6 Å². The molecule has 0 fully saturated rings. The molecule has 2 aromatic heterocycles. The summed E-state index contributed by atoms with van der Waals surface area (Å²) in [6, 6.07) is 7.62. The minimum Gasteiger partial charge on any atom is -0.397 e. The Kier molecular flexibility index (Phi) is 2.80. The number of nitro groups is 1. The van der Waals surface area contributed by atoms with E-state index in [2.05, 4.69) is 4.98 Å². The van der Waals surface area contributed by atoms with Gasteiger partial charge in [0.05, 0.1) is 16.7 Å². The zero-order valence-electron chi connectivity index (χ0n) is 9.92. The number of aromatic nitrogens is 1. The first kappa shape index (κ1) is 12.4. The average molecular weight is 291 g/mol. The van der Waals surface area contributed by atoms with E-state index in [1.54, 1.807) is 18.2 Å². The number of carbonyl (C=O) groups is 1. The molecule has 0 radical (unpaired) electrons. The summed E-state index contributed by atoms with van der Waals surface area (Å²) >= 11 is 6.08. The highest BCUT2D eigenvalue weighted by molar-refractivity contribution is 6.37. The number of halogens is 1. The third kappa shape index (κ3) is 1.86. The molecule has 6 nitrogen and oxygen atoms in total. The third-order valence-electron chi connectivity index (χ3n) is 2.90. The predicted octanol–water partition coefficient (Wildman–Crippen LogP) is 3.55. The predicted molar refractivity (Wildman–Crippen MR) is 72.1 cm³/mol. The molecule has 2 heterocycles. The molecule has 0 saturated heterocycles. The first-order valence-electron chi connectivity index (χ1n) is 5.62. The van der Waals surface area contributed by atoms with Crippen molar-refractivity contribution in [3.63, 3.8) is 0 Å². The first-order valence-corrected chi connectivity index (χ1v) is 6.00. The maximum atomic E-state index is 12.3. The topological polar surface area (TPSA) is 89.1 Å². The Hall–Kier alpha value is -2.60. The Labute approximate surface area is 117 Å². The van der Waals surface area contributed by atoms with Crippen LogP contribution in [0.1, 0.15) is 16.1 Å². The smallest absolute Gasteiger partial charge is 0.397 e. The molecule has 3 aromatic rings. The fourth-order valence-corrected chi connectivity index (χ4v) is 2.28. The normalized spacial score (nSPS) is 10.8. The number of hydrogen-bond acceptors (Lipinski definition) is 4. The molecular weight excluding hydrogens is 284 g/mol. The van der Waals surface area contributed by atoms with E-state index in [9.17, 15) is 14.9 Å². The van der Waals surface area contributed by atoms with Crippen molar-refractivity contribution in [3.05, 3.63) is 63.0 Å². The molecule has 0 spiro atoms. The molecule has 3 rings (SSSR count). The van der Waals surface area contributed by atoms with Crippen molar-refractivity contribution in [2.75, 3.05) is 0 Å². The Morgan fingerprint density at radius 3 is 2.80 bits per heavy atom. The molecule has 1 aromatic carbocycles. The summed E-state index contributed by atoms with van der Waals surface area (Å²) in [6.07, 6.45) is 1.51. The molecule has 0 bridgehead atoms. The lowest BCUT2D eigenvalue weighted by molar-refractivity contribution is -0.402. The lowest BCUT2D eigenvalue weighted by Crippen LogP contribution is -1.98. The van der Waals surface area contributed by atoms with E-state index >= 15 is 0 Å².